The van der Waals surface area contributed by atoms with E-state index < -0.39 is 16.7 Å². The minimum absolute atomic E-state index is 0.0599. The lowest BCUT2D eigenvalue weighted by molar-refractivity contribution is -0.384. The Bertz CT molecular complexity index is 867. The number of aromatic hydroxyl groups is 1. The molecule has 0 aliphatic carbocycles. The fraction of sp³-hybridized carbons (Fsp3) is 0.0625. The average molecular weight is 377 g/mol. The fourth-order valence-electron chi connectivity index (χ4n) is 1.84. The molecular weight excluding hydrogens is 364 g/mol. The predicted octanol–water partition coefficient (Wildman–Crippen LogP) is 1.83. The van der Waals surface area contributed by atoms with Gasteiger partial charge in [-0.3, -0.25) is 19.7 Å². The molecule has 3 N–H and O–H groups in total. The summed E-state index contributed by atoms with van der Waals surface area (Å²) < 4.78 is 0. The lowest BCUT2D eigenvalue weighted by Gasteiger charge is -2.04. The maximum absolute atomic E-state index is 11.8. The van der Waals surface area contributed by atoms with Crippen molar-refractivity contribution in [3.63, 3.8) is 0 Å². The van der Waals surface area contributed by atoms with Gasteiger partial charge in [0.25, 0.3) is 17.5 Å². The molecular formula is C16H13ClN4O5. The molecule has 0 aliphatic rings. The quantitative estimate of drug-likeness (QED) is 0.401. The van der Waals surface area contributed by atoms with Crippen molar-refractivity contribution < 1.29 is 19.6 Å². The molecule has 2 aromatic carbocycles. The number of rotatable bonds is 6. The fourth-order valence-corrected chi connectivity index (χ4v) is 1.96. The number of non-ortho nitro benzene ring substituents is 1. The van der Waals surface area contributed by atoms with Crippen molar-refractivity contribution in [2.75, 3.05) is 6.54 Å². The van der Waals surface area contributed by atoms with Crippen LogP contribution in [0.3, 0.4) is 0 Å². The number of amides is 2. The molecule has 0 unspecified atom stereocenters. The third-order valence-electron chi connectivity index (χ3n) is 3.13. The molecule has 2 aromatic rings. The molecule has 10 heteroatoms. The van der Waals surface area contributed by atoms with E-state index in [9.17, 15) is 24.8 Å². The van der Waals surface area contributed by atoms with Gasteiger partial charge in [-0.05, 0) is 30.3 Å². The van der Waals surface area contributed by atoms with Gasteiger partial charge in [0.15, 0.2) is 0 Å². The lowest BCUT2D eigenvalue weighted by atomic mass is 10.2. The Hall–Kier alpha value is -3.46. The summed E-state index contributed by atoms with van der Waals surface area (Å²) in [7, 11) is 0. The molecule has 0 aliphatic heterocycles. The number of hydrogen-bond donors (Lipinski definition) is 3. The van der Waals surface area contributed by atoms with Crippen molar-refractivity contribution in [3.05, 3.63) is 68.7 Å². The van der Waals surface area contributed by atoms with Gasteiger partial charge in [-0.15, -0.1) is 0 Å². The maximum atomic E-state index is 11.8. The zero-order valence-electron chi connectivity index (χ0n) is 13.2. The van der Waals surface area contributed by atoms with E-state index in [0.717, 1.165) is 24.4 Å². The highest BCUT2D eigenvalue weighted by Crippen LogP contribution is 2.21. The zero-order chi connectivity index (χ0) is 19.1. The smallest absolute Gasteiger partial charge is 0.270 e. The number of carbonyl (C=O) groups excluding carboxylic acids is 2. The van der Waals surface area contributed by atoms with E-state index in [1.807, 2.05) is 0 Å². The van der Waals surface area contributed by atoms with Crippen LogP contribution in [-0.4, -0.2) is 34.6 Å². The van der Waals surface area contributed by atoms with E-state index in [1.54, 1.807) is 12.1 Å². The molecule has 0 aromatic heterocycles. The Morgan fingerprint density at radius 2 is 1.92 bits per heavy atom. The minimum Gasteiger partial charge on any atom is -0.507 e. The Labute approximate surface area is 152 Å². The highest BCUT2D eigenvalue weighted by atomic mass is 35.5. The second kappa shape index (κ2) is 8.58. The standard InChI is InChI=1S/C16H13ClN4O5/c17-12-3-1-10(2-4-12)16(24)18-9-15(23)20-19-8-11-7-13(21(25)26)5-6-14(11)22/h1-8,22H,9H2,(H,18,24)(H,20,23)/b19-8+. The first-order chi connectivity index (χ1) is 12.4. The SMILES string of the molecule is O=C(CNC(=O)c1ccc(Cl)cc1)N/N=C/c1cc([N+](=O)[O-])ccc1O. The van der Waals surface area contributed by atoms with Crippen molar-refractivity contribution in [2.24, 2.45) is 5.10 Å². The number of phenolic OH excluding ortho intramolecular Hbond substituents is 1. The van der Waals surface area contributed by atoms with Gasteiger partial charge in [0.05, 0.1) is 17.7 Å². The van der Waals surface area contributed by atoms with Gasteiger partial charge < -0.3 is 10.4 Å². The van der Waals surface area contributed by atoms with Crippen molar-refractivity contribution in [3.8, 4) is 5.75 Å². The molecule has 0 spiro atoms. The number of halogens is 1. The molecule has 0 saturated heterocycles. The molecule has 2 amide bonds. The van der Waals surface area contributed by atoms with Gasteiger partial charge in [0.1, 0.15) is 5.75 Å². The topological polar surface area (TPSA) is 134 Å². The molecule has 26 heavy (non-hydrogen) atoms. The highest BCUT2D eigenvalue weighted by Gasteiger charge is 2.10. The molecule has 0 heterocycles. The van der Waals surface area contributed by atoms with Gasteiger partial charge in [-0.2, -0.15) is 5.10 Å². The van der Waals surface area contributed by atoms with Crippen molar-refractivity contribution in [1.82, 2.24) is 10.7 Å². The first kappa shape index (κ1) is 18.9. The summed E-state index contributed by atoms with van der Waals surface area (Å²) in [5.41, 5.74) is 2.31. The first-order valence-electron chi connectivity index (χ1n) is 7.20. The molecule has 0 radical (unpaired) electrons. The summed E-state index contributed by atoms with van der Waals surface area (Å²) >= 11 is 5.72. The van der Waals surface area contributed by atoms with Crippen LogP contribution in [0.4, 0.5) is 5.69 Å². The van der Waals surface area contributed by atoms with E-state index >= 15 is 0 Å². The van der Waals surface area contributed by atoms with Crippen LogP contribution in [0.2, 0.25) is 5.02 Å². The summed E-state index contributed by atoms with van der Waals surface area (Å²) in [6.07, 6.45) is 1.06. The summed E-state index contributed by atoms with van der Waals surface area (Å²) in [6, 6.07) is 9.51. The van der Waals surface area contributed by atoms with E-state index in [4.69, 9.17) is 11.6 Å². The van der Waals surface area contributed by atoms with E-state index in [1.165, 1.54) is 12.1 Å². The monoisotopic (exact) mass is 376 g/mol. The van der Waals surface area contributed by atoms with Crippen LogP contribution in [0.25, 0.3) is 0 Å². The minimum atomic E-state index is -0.623. The van der Waals surface area contributed by atoms with E-state index in [-0.39, 0.29) is 23.5 Å². The Morgan fingerprint density at radius 3 is 2.58 bits per heavy atom. The normalized spacial score (nSPS) is 10.5. The zero-order valence-corrected chi connectivity index (χ0v) is 13.9. The summed E-state index contributed by atoms with van der Waals surface area (Å²) in [5.74, 6) is -1.31. The molecule has 9 nitrogen and oxygen atoms in total. The Kier molecular flexibility index (Phi) is 6.23. The Morgan fingerprint density at radius 1 is 1.23 bits per heavy atom. The summed E-state index contributed by atoms with van der Waals surface area (Å²) in [5, 5.41) is 26.8. The molecule has 0 saturated carbocycles. The van der Waals surface area contributed by atoms with Gasteiger partial charge >= 0.3 is 0 Å². The van der Waals surface area contributed by atoms with Gasteiger partial charge in [0.2, 0.25) is 0 Å². The molecule has 2 rings (SSSR count). The molecule has 0 bridgehead atoms. The average Bonchev–Trinajstić information content (AvgIpc) is 2.61. The number of nitrogens with zero attached hydrogens (tertiary/aromatic N) is 2. The first-order valence-corrected chi connectivity index (χ1v) is 7.57. The van der Waals surface area contributed by atoms with E-state index in [2.05, 4.69) is 15.8 Å². The highest BCUT2D eigenvalue weighted by molar-refractivity contribution is 6.30. The largest absolute Gasteiger partial charge is 0.507 e. The number of carbonyl (C=O) groups is 2. The Balaban J connectivity index is 1.87. The predicted molar refractivity (Wildman–Crippen MR) is 94.3 cm³/mol. The van der Waals surface area contributed by atoms with Crippen LogP contribution in [0.1, 0.15) is 15.9 Å². The van der Waals surface area contributed by atoms with Crippen LogP contribution in [0, 0.1) is 10.1 Å². The number of hydrazone groups is 1. The second-order valence-electron chi connectivity index (χ2n) is 4.98. The van der Waals surface area contributed by atoms with Gasteiger partial charge in [-0.25, -0.2) is 5.43 Å². The van der Waals surface area contributed by atoms with Gasteiger partial charge in [0, 0.05) is 28.3 Å². The number of nitrogens with one attached hydrogen (secondary N) is 2. The van der Waals surface area contributed by atoms with Crippen LogP contribution in [-0.2, 0) is 4.79 Å². The number of nitro groups is 1. The molecule has 0 atom stereocenters. The number of phenols is 1. The van der Waals surface area contributed by atoms with Crippen LogP contribution in [0.5, 0.6) is 5.75 Å². The van der Waals surface area contributed by atoms with Crippen LogP contribution in [0.15, 0.2) is 47.6 Å². The van der Waals surface area contributed by atoms with Gasteiger partial charge in [-0.1, -0.05) is 11.6 Å². The number of nitro benzene ring substituents is 1. The van der Waals surface area contributed by atoms with Crippen LogP contribution < -0.4 is 10.7 Å². The van der Waals surface area contributed by atoms with E-state index in [0.29, 0.717) is 10.6 Å². The van der Waals surface area contributed by atoms with Crippen molar-refractivity contribution in [1.29, 1.82) is 0 Å². The summed E-state index contributed by atoms with van der Waals surface area (Å²) in [4.78, 5) is 33.6. The van der Waals surface area contributed by atoms with Crippen molar-refractivity contribution in [2.45, 2.75) is 0 Å². The number of hydrogen-bond acceptors (Lipinski definition) is 6. The molecule has 0 fully saturated rings. The van der Waals surface area contributed by atoms with Crippen LogP contribution >= 0.6 is 11.6 Å². The maximum Gasteiger partial charge on any atom is 0.270 e. The third-order valence-corrected chi connectivity index (χ3v) is 3.38. The number of benzene rings is 2. The van der Waals surface area contributed by atoms with Crippen molar-refractivity contribution >= 4 is 35.3 Å². The molecule has 134 valence electrons. The lowest BCUT2D eigenvalue weighted by Crippen LogP contribution is -2.34. The summed E-state index contributed by atoms with van der Waals surface area (Å²) in [6.45, 7) is -0.334. The third kappa shape index (κ3) is 5.28. The second-order valence-corrected chi connectivity index (χ2v) is 5.42.